The lowest BCUT2D eigenvalue weighted by atomic mass is 10.0. The summed E-state index contributed by atoms with van der Waals surface area (Å²) in [6.07, 6.45) is 0. The molecular weight excluding hydrogens is 312 g/mol. The van der Waals surface area contributed by atoms with E-state index in [9.17, 15) is 0 Å². The highest BCUT2D eigenvalue weighted by Crippen LogP contribution is 2.59. The summed E-state index contributed by atoms with van der Waals surface area (Å²) in [5.74, 6) is 3.92. The van der Waals surface area contributed by atoms with Crippen molar-refractivity contribution >= 4 is 10.0 Å². The van der Waals surface area contributed by atoms with Gasteiger partial charge < -0.3 is 4.74 Å². The summed E-state index contributed by atoms with van der Waals surface area (Å²) in [5, 5.41) is 5.60. The number of benzene rings is 1. The molecule has 0 aliphatic rings. The van der Waals surface area contributed by atoms with Crippen LogP contribution in [0.15, 0.2) is 24.3 Å². The van der Waals surface area contributed by atoms with E-state index in [1.54, 1.807) is 0 Å². The average molecular weight is 349 g/mol. The van der Waals surface area contributed by atoms with E-state index < -0.39 is 10.0 Å². The van der Waals surface area contributed by atoms with Crippen LogP contribution in [0.2, 0.25) is 0 Å². The van der Waals surface area contributed by atoms with E-state index in [2.05, 4.69) is 83.9 Å². The lowest BCUT2D eigenvalue weighted by Crippen LogP contribution is -2.27. The Hall–Kier alpha value is -0.910. The van der Waals surface area contributed by atoms with Gasteiger partial charge in [-0.05, 0) is 45.6 Å². The maximum atomic E-state index is 5.53. The van der Waals surface area contributed by atoms with Crippen molar-refractivity contribution in [2.75, 3.05) is 13.2 Å². The van der Waals surface area contributed by atoms with Gasteiger partial charge in [0, 0.05) is 18.1 Å². The molecule has 0 aliphatic heterocycles. The van der Waals surface area contributed by atoms with Crippen LogP contribution in [0.5, 0.6) is 0 Å². The molecule has 0 heterocycles. The van der Waals surface area contributed by atoms with Crippen molar-refractivity contribution in [2.24, 2.45) is 0 Å². The Balaban J connectivity index is 3.02. The van der Waals surface area contributed by atoms with E-state index >= 15 is 0 Å². The minimum absolute atomic E-state index is 0.429. The Morgan fingerprint density at radius 3 is 1.79 bits per heavy atom. The average Bonchev–Trinajstić information content (AvgIpc) is 2.52. The highest BCUT2D eigenvalue weighted by atomic mass is 32.3. The minimum atomic E-state index is -0.964. The largest absolute Gasteiger partial charge is 0.381 e. The molecule has 0 fully saturated rings. The van der Waals surface area contributed by atoms with Crippen LogP contribution in [0.25, 0.3) is 0 Å². The summed E-state index contributed by atoms with van der Waals surface area (Å²) in [4.78, 5) is 0. The van der Waals surface area contributed by atoms with Crippen LogP contribution in [0.4, 0.5) is 0 Å². The molecule has 0 amide bonds. The molecule has 1 aromatic rings. The Bertz CT molecular complexity index is 524. The molecule has 0 spiro atoms. The van der Waals surface area contributed by atoms with Gasteiger partial charge in [0.05, 0.1) is 6.61 Å². The zero-order valence-corrected chi connectivity index (χ0v) is 17.7. The highest BCUT2D eigenvalue weighted by Gasteiger charge is 2.32. The zero-order chi connectivity index (χ0) is 18.3. The molecule has 1 atom stereocenters. The third kappa shape index (κ3) is 5.04. The number of hydrogen-bond donors (Lipinski definition) is 0. The first-order valence-corrected chi connectivity index (χ1v) is 11.1. The fraction of sp³-hybridized carbons (Fsp3) is 0.636. The summed E-state index contributed by atoms with van der Waals surface area (Å²) >= 11 is 0. The smallest absolute Gasteiger partial charge is 0.0531 e. The summed E-state index contributed by atoms with van der Waals surface area (Å²) in [5.41, 5.74) is 2.45. The van der Waals surface area contributed by atoms with E-state index in [0.717, 1.165) is 18.8 Å². The topological polar surface area (TPSA) is 9.23 Å². The molecule has 0 saturated heterocycles. The van der Waals surface area contributed by atoms with Crippen molar-refractivity contribution in [3.63, 3.8) is 0 Å². The number of rotatable bonds is 7. The van der Waals surface area contributed by atoms with Gasteiger partial charge in [0.25, 0.3) is 0 Å². The van der Waals surface area contributed by atoms with E-state index in [1.165, 1.54) is 5.56 Å². The predicted octanol–water partition coefficient (Wildman–Crippen LogP) is 6.17. The molecule has 1 nitrogen and oxygen atoms in total. The normalized spacial score (nSPS) is 14.0. The Kier molecular flexibility index (Phi) is 8.40. The third-order valence-corrected chi connectivity index (χ3v) is 9.90. The summed E-state index contributed by atoms with van der Waals surface area (Å²) in [6, 6.07) is 8.72. The Morgan fingerprint density at radius 1 is 0.875 bits per heavy atom. The molecular formula is C22H36OS. The van der Waals surface area contributed by atoms with Crippen molar-refractivity contribution in [3.05, 3.63) is 35.4 Å². The van der Waals surface area contributed by atoms with Crippen LogP contribution in [0.3, 0.4) is 0 Å². The Labute approximate surface area is 151 Å². The van der Waals surface area contributed by atoms with Crippen molar-refractivity contribution < 1.29 is 4.74 Å². The monoisotopic (exact) mass is 348 g/mol. The van der Waals surface area contributed by atoms with Gasteiger partial charge in [0.15, 0.2) is 0 Å². The van der Waals surface area contributed by atoms with Gasteiger partial charge in [-0.25, -0.2) is 0 Å². The maximum absolute atomic E-state index is 5.53. The molecule has 136 valence electrons. The first kappa shape index (κ1) is 21.1. The third-order valence-electron chi connectivity index (χ3n) is 4.76. The standard InChI is InChI=1S/C22H36OS/c1-9-23-16-20(8)22-12-10-21(11-13-22)14-15-24(17(2)3,18(4)5)19(6)7/h10-13,17-20H,9,16H2,1-8H3. The lowest BCUT2D eigenvalue weighted by molar-refractivity contribution is 0.136. The van der Waals surface area contributed by atoms with Crippen molar-refractivity contribution in [3.8, 4) is 11.2 Å². The molecule has 1 rings (SSSR count). The fourth-order valence-electron chi connectivity index (χ4n) is 3.42. The lowest BCUT2D eigenvalue weighted by Gasteiger charge is -2.46. The molecule has 24 heavy (non-hydrogen) atoms. The van der Waals surface area contributed by atoms with Gasteiger partial charge in [0.1, 0.15) is 0 Å². The zero-order valence-electron chi connectivity index (χ0n) is 16.8. The van der Waals surface area contributed by atoms with Crippen molar-refractivity contribution in [2.45, 2.75) is 77.1 Å². The predicted molar refractivity (Wildman–Crippen MR) is 111 cm³/mol. The maximum Gasteiger partial charge on any atom is 0.0531 e. The highest BCUT2D eigenvalue weighted by molar-refractivity contribution is 8.38. The second kappa shape index (κ2) is 9.54. The van der Waals surface area contributed by atoms with Gasteiger partial charge in [-0.2, -0.15) is 10.0 Å². The number of hydrogen-bond acceptors (Lipinski definition) is 1. The summed E-state index contributed by atoms with van der Waals surface area (Å²) in [7, 11) is -0.964. The molecule has 0 N–H and O–H groups in total. The van der Waals surface area contributed by atoms with Crippen LogP contribution in [0.1, 0.15) is 72.4 Å². The molecule has 0 aromatic heterocycles. The van der Waals surface area contributed by atoms with Crippen LogP contribution >= 0.6 is 10.0 Å². The van der Waals surface area contributed by atoms with Crippen LogP contribution in [0, 0.1) is 11.2 Å². The van der Waals surface area contributed by atoms with Crippen LogP contribution in [-0.4, -0.2) is 29.0 Å². The molecule has 0 saturated carbocycles. The first-order chi connectivity index (χ1) is 11.3. The van der Waals surface area contributed by atoms with Gasteiger partial charge in [-0.1, -0.05) is 66.5 Å². The molecule has 0 aliphatic carbocycles. The molecule has 1 unspecified atom stereocenters. The number of ether oxygens (including phenoxy) is 1. The van der Waals surface area contributed by atoms with Gasteiger partial charge in [0.2, 0.25) is 0 Å². The van der Waals surface area contributed by atoms with Crippen molar-refractivity contribution in [1.29, 1.82) is 0 Å². The minimum Gasteiger partial charge on any atom is -0.381 e. The van der Waals surface area contributed by atoms with Crippen LogP contribution in [-0.2, 0) is 4.74 Å². The summed E-state index contributed by atoms with van der Waals surface area (Å²) in [6.45, 7) is 19.8. The van der Waals surface area contributed by atoms with Gasteiger partial charge in [-0.3, -0.25) is 0 Å². The molecule has 0 bridgehead atoms. The molecule has 2 heteroatoms. The fourth-order valence-corrected chi connectivity index (χ4v) is 7.69. The van der Waals surface area contributed by atoms with Crippen molar-refractivity contribution in [1.82, 2.24) is 0 Å². The van der Waals surface area contributed by atoms with E-state index in [-0.39, 0.29) is 0 Å². The second-order valence-corrected chi connectivity index (χ2v) is 11.9. The second-order valence-electron chi connectivity index (χ2n) is 7.32. The SMILES string of the molecule is CCOCC(C)c1ccc(C#CS(C(C)C)(C(C)C)C(C)C)cc1. The van der Waals surface area contributed by atoms with Gasteiger partial charge >= 0.3 is 0 Å². The van der Waals surface area contributed by atoms with E-state index in [4.69, 9.17) is 4.74 Å². The van der Waals surface area contributed by atoms with E-state index in [1.807, 2.05) is 6.92 Å². The molecule has 0 radical (unpaired) electrons. The first-order valence-electron chi connectivity index (χ1n) is 9.26. The summed E-state index contributed by atoms with van der Waals surface area (Å²) < 4.78 is 5.53. The van der Waals surface area contributed by atoms with Gasteiger partial charge in [-0.15, -0.1) is 0 Å². The quantitative estimate of drug-likeness (QED) is 0.536. The van der Waals surface area contributed by atoms with E-state index in [0.29, 0.717) is 21.7 Å². The van der Waals surface area contributed by atoms with Crippen LogP contribution < -0.4 is 0 Å². The Morgan fingerprint density at radius 2 is 1.38 bits per heavy atom. The molecule has 1 aromatic carbocycles.